The highest BCUT2D eigenvalue weighted by atomic mass is 16.3. The van der Waals surface area contributed by atoms with Crippen molar-refractivity contribution in [1.29, 1.82) is 0 Å². The molecule has 0 amide bonds. The lowest BCUT2D eigenvalue weighted by Gasteiger charge is -2.18. The third-order valence-corrected chi connectivity index (χ3v) is 24.5. The summed E-state index contributed by atoms with van der Waals surface area (Å²) in [7, 11) is 0. The van der Waals surface area contributed by atoms with Gasteiger partial charge in [-0.05, 0) is 257 Å². The first kappa shape index (κ1) is 68.1. The van der Waals surface area contributed by atoms with Crippen LogP contribution in [0.5, 0.6) is 0 Å². The van der Waals surface area contributed by atoms with E-state index in [1.54, 1.807) is 0 Å². The van der Waals surface area contributed by atoms with Gasteiger partial charge in [-0.2, -0.15) is 0 Å². The largest absolute Gasteiger partial charge is 0.456 e. The van der Waals surface area contributed by atoms with Crippen molar-refractivity contribution < 1.29 is 8.83 Å². The zero-order valence-corrected chi connectivity index (χ0v) is 64.4. The second-order valence-corrected chi connectivity index (χ2v) is 31.1. The van der Waals surface area contributed by atoms with Crippen LogP contribution in [0, 0.1) is 0 Å². The Hall–Kier alpha value is -15.5. The molecule has 2 heterocycles. The van der Waals surface area contributed by atoms with Gasteiger partial charge in [-0.15, -0.1) is 0 Å². The summed E-state index contributed by atoms with van der Waals surface area (Å²) < 4.78 is 12.6. The molecule has 0 aliphatic heterocycles. The minimum Gasteiger partial charge on any atom is -0.456 e. The van der Waals surface area contributed by atoms with Gasteiger partial charge in [-0.1, -0.05) is 376 Å². The van der Waals surface area contributed by atoms with Crippen LogP contribution in [0.3, 0.4) is 0 Å². The number of benzene rings is 23. The maximum absolute atomic E-state index is 6.34. The molecule has 548 valence electrons. The van der Waals surface area contributed by atoms with Gasteiger partial charge in [-0.25, -0.2) is 0 Å². The Kier molecular flexibility index (Phi) is 16.3. The third-order valence-electron chi connectivity index (χ3n) is 24.5. The molecule has 0 aliphatic carbocycles. The Morgan fingerprint density at radius 3 is 0.771 bits per heavy atom. The van der Waals surface area contributed by atoms with Crippen molar-refractivity contribution in [3.05, 3.63) is 437 Å². The summed E-state index contributed by atoms with van der Waals surface area (Å²) in [5, 5.41) is 32.3. The van der Waals surface area contributed by atoms with Gasteiger partial charge in [0.15, 0.2) is 0 Å². The van der Waals surface area contributed by atoms with Crippen molar-refractivity contribution in [3.63, 3.8) is 0 Å². The molecule has 0 unspecified atom stereocenters. The zero-order valence-electron chi connectivity index (χ0n) is 64.4. The molecule has 2 aromatic heterocycles. The SMILES string of the molecule is c1ccc(-c2c3ccccc3c(-c3cccc4ccccc34)c3ccccc23)cc1.c1ccc2cc(-c3c4ccccc4c(-c4ccc(-c5ccc6oc7cc8ccccc8cc7c6c5)cc4)c4ccccc34)ccc2c1.c1ccc2cc(-c3c4ccccc4c(-c4ccc5oc6cc7ccccc7cc6c5c4)c4ccccc34)ccc2c1. The fraction of sp³-hybridized carbons (Fsp3) is 0. The van der Waals surface area contributed by atoms with E-state index in [2.05, 4.69) is 437 Å². The van der Waals surface area contributed by atoms with Gasteiger partial charge in [0, 0.05) is 21.5 Å². The van der Waals surface area contributed by atoms with Crippen molar-refractivity contribution >= 4 is 162 Å². The van der Waals surface area contributed by atoms with Gasteiger partial charge >= 0.3 is 0 Å². The third kappa shape index (κ3) is 11.6. The lowest BCUT2D eigenvalue weighted by atomic mass is 9.85. The highest BCUT2D eigenvalue weighted by molar-refractivity contribution is 6.26. The zero-order chi connectivity index (χ0) is 77.7. The van der Waals surface area contributed by atoms with Crippen molar-refractivity contribution in [3.8, 4) is 77.9 Å². The molecule has 25 aromatic rings. The number of fused-ring (bicyclic) bond motifs is 17. The fourth-order valence-electron chi connectivity index (χ4n) is 19.1. The average molecular weight is 1500 g/mol. The quantitative estimate of drug-likeness (QED) is 0.149. The molecule has 2 nitrogen and oxygen atoms in total. The summed E-state index contributed by atoms with van der Waals surface area (Å²) in [5.74, 6) is 0. The Morgan fingerprint density at radius 1 is 0.110 bits per heavy atom. The van der Waals surface area contributed by atoms with Crippen LogP contribution in [0.2, 0.25) is 0 Å². The van der Waals surface area contributed by atoms with Crippen LogP contribution < -0.4 is 0 Å². The Bertz CT molecular complexity index is 8190. The predicted octanol–water partition coefficient (Wildman–Crippen LogP) is 33.2. The first-order chi connectivity index (χ1) is 58.5. The van der Waals surface area contributed by atoms with E-state index in [-0.39, 0.29) is 0 Å². The molecule has 23 aromatic carbocycles. The van der Waals surface area contributed by atoms with Crippen molar-refractivity contribution in [2.75, 3.05) is 0 Å². The van der Waals surface area contributed by atoms with Crippen molar-refractivity contribution in [2.45, 2.75) is 0 Å². The normalized spacial score (nSPS) is 11.7. The fourth-order valence-corrected chi connectivity index (χ4v) is 19.1. The Morgan fingerprint density at radius 2 is 0.364 bits per heavy atom. The van der Waals surface area contributed by atoms with E-state index in [1.165, 1.54) is 196 Å². The molecule has 0 aliphatic rings. The van der Waals surface area contributed by atoms with Gasteiger partial charge in [0.25, 0.3) is 0 Å². The van der Waals surface area contributed by atoms with Crippen molar-refractivity contribution in [1.82, 2.24) is 0 Å². The second-order valence-electron chi connectivity index (χ2n) is 31.1. The van der Waals surface area contributed by atoms with E-state index in [4.69, 9.17) is 8.83 Å². The van der Waals surface area contributed by atoms with Crippen LogP contribution >= 0.6 is 0 Å². The number of furan rings is 2. The predicted molar refractivity (Wildman–Crippen MR) is 505 cm³/mol. The highest BCUT2D eigenvalue weighted by Crippen LogP contribution is 2.50. The minimum atomic E-state index is 0.917. The Labute approximate surface area is 681 Å². The summed E-state index contributed by atoms with van der Waals surface area (Å²) >= 11 is 0. The maximum Gasteiger partial charge on any atom is 0.136 e. The van der Waals surface area contributed by atoms with Crippen molar-refractivity contribution in [2.24, 2.45) is 0 Å². The molecule has 0 atom stereocenters. The van der Waals surface area contributed by atoms with E-state index in [0.29, 0.717) is 0 Å². The van der Waals surface area contributed by atoms with E-state index < -0.39 is 0 Å². The first-order valence-electron chi connectivity index (χ1n) is 40.7. The molecule has 0 saturated carbocycles. The summed E-state index contributed by atoms with van der Waals surface area (Å²) in [6.45, 7) is 0. The molecule has 0 saturated heterocycles. The summed E-state index contributed by atoms with van der Waals surface area (Å²) in [6, 6.07) is 158. The van der Waals surface area contributed by atoms with Crippen LogP contribution in [0.25, 0.3) is 240 Å². The van der Waals surface area contributed by atoms with Crippen LogP contribution in [0.15, 0.2) is 446 Å². The smallest absolute Gasteiger partial charge is 0.136 e. The highest BCUT2D eigenvalue weighted by Gasteiger charge is 2.23. The maximum atomic E-state index is 6.34. The summed E-state index contributed by atoms with van der Waals surface area (Å²) in [6.07, 6.45) is 0. The Balaban J connectivity index is 0.000000106. The molecule has 25 rings (SSSR count). The average Bonchev–Trinajstić information content (AvgIpc) is 0.883. The molecule has 0 radical (unpaired) electrons. The first-order valence-corrected chi connectivity index (χ1v) is 40.7. The lowest BCUT2D eigenvalue weighted by molar-refractivity contribution is 0.669. The molecule has 118 heavy (non-hydrogen) atoms. The molecule has 0 spiro atoms. The van der Waals surface area contributed by atoms with Gasteiger partial charge in [-0.3, -0.25) is 0 Å². The number of hydrogen-bond donors (Lipinski definition) is 0. The van der Waals surface area contributed by atoms with Crippen LogP contribution in [-0.2, 0) is 0 Å². The summed E-state index contributed by atoms with van der Waals surface area (Å²) in [4.78, 5) is 0. The van der Waals surface area contributed by atoms with Crippen LogP contribution in [0.4, 0.5) is 0 Å². The lowest BCUT2D eigenvalue weighted by Crippen LogP contribution is -1.91. The summed E-state index contributed by atoms with van der Waals surface area (Å²) in [5.41, 5.74) is 21.2. The molecular formula is C116H72O2. The molecule has 0 fully saturated rings. The van der Waals surface area contributed by atoms with Gasteiger partial charge in [0.1, 0.15) is 22.3 Å². The van der Waals surface area contributed by atoms with E-state index >= 15 is 0 Å². The molecule has 0 N–H and O–H groups in total. The second kappa shape index (κ2) is 28.3. The number of rotatable bonds is 7. The standard InChI is InChI=1S/C46H28O.C40H24O.C30H20/c1-2-10-32-25-36(22-19-29(32)9-1)46-39-15-7-5-13-37(39)45(38-14-6-8-16-40(38)46)31-20-17-30(18-21-31)35-23-24-43-41(27-35)42-26-33-11-3-4-12-34(33)28-44(42)47-43;1-2-10-26-21-29(18-17-25(26)9-1)39-31-13-5-7-15-33(31)40(34-16-8-6-14-32(34)39)30-19-20-37-35(23-30)36-22-27-11-3-4-12-28(27)24-38(36)41-37;1-2-12-22(13-3-1)29-25-16-6-8-18-27(25)30(28-19-9-7-17-26(28)29)24-20-10-14-21-11-4-5-15-23(21)24/h1-28H;1-24H;1-20H. The van der Waals surface area contributed by atoms with Crippen LogP contribution in [0.1, 0.15) is 0 Å². The van der Waals surface area contributed by atoms with E-state index in [1.807, 2.05) is 0 Å². The van der Waals surface area contributed by atoms with E-state index in [9.17, 15) is 0 Å². The molecule has 2 heteroatoms. The van der Waals surface area contributed by atoms with Gasteiger partial charge < -0.3 is 8.83 Å². The topological polar surface area (TPSA) is 26.3 Å². The number of hydrogen-bond acceptors (Lipinski definition) is 2. The van der Waals surface area contributed by atoms with Crippen LogP contribution in [-0.4, -0.2) is 0 Å². The van der Waals surface area contributed by atoms with Gasteiger partial charge in [0.2, 0.25) is 0 Å². The monoisotopic (exact) mass is 1500 g/mol. The molecular weight excluding hydrogens is 1430 g/mol. The van der Waals surface area contributed by atoms with E-state index in [0.717, 1.165) is 43.9 Å². The minimum absolute atomic E-state index is 0.917. The van der Waals surface area contributed by atoms with Gasteiger partial charge in [0.05, 0.1) is 0 Å². The molecule has 0 bridgehead atoms.